The lowest BCUT2D eigenvalue weighted by atomic mass is 9.85. The Morgan fingerprint density at radius 2 is 2.14 bits per heavy atom. The molecular weight excluding hydrogens is 290 g/mol. The van der Waals surface area contributed by atoms with Crippen LogP contribution in [0.2, 0.25) is 5.28 Å². The van der Waals surface area contributed by atoms with E-state index >= 15 is 0 Å². The fourth-order valence-corrected chi connectivity index (χ4v) is 2.45. The van der Waals surface area contributed by atoms with E-state index in [9.17, 15) is 0 Å². The largest absolute Gasteiger partial charge is 0.463 e. The van der Waals surface area contributed by atoms with E-state index in [1.165, 1.54) is 0 Å². The van der Waals surface area contributed by atoms with Crippen LogP contribution in [0.15, 0.2) is 30.9 Å². The Morgan fingerprint density at radius 3 is 2.90 bits per heavy atom. The van der Waals surface area contributed by atoms with E-state index in [0.29, 0.717) is 24.4 Å². The van der Waals surface area contributed by atoms with Crippen LogP contribution in [-0.2, 0) is 0 Å². The molecule has 0 amide bonds. The predicted molar refractivity (Wildman–Crippen MR) is 78.5 cm³/mol. The van der Waals surface area contributed by atoms with Gasteiger partial charge in [0.25, 0.3) is 0 Å². The Labute approximate surface area is 127 Å². The van der Waals surface area contributed by atoms with Gasteiger partial charge >= 0.3 is 6.01 Å². The zero-order valence-corrected chi connectivity index (χ0v) is 12.4. The maximum absolute atomic E-state index is 5.93. The summed E-state index contributed by atoms with van der Waals surface area (Å²) in [5, 5.41) is 0.111. The van der Waals surface area contributed by atoms with Gasteiger partial charge in [0, 0.05) is 12.4 Å². The molecular formula is C14H16ClN5O. The highest BCUT2D eigenvalue weighted by Gasteiger charge is 2.19. The highest BCUT2D eigenvalue weighted by Crippen LogP contribution is 2.25. The van der Waals surface area contributed by atoms with E-state index in [1.807, 2.05) is 0 Å². The maximum Gasteiger partial charge on any atom is 0.322 e. The van der Waals surface area contributed by atoms with Gasteiger partial charge in [0.1, 0.15) is 6.33 Å². The lowest BCUT2D eigenvalue weighted by Gasteiger charge is -2.24. The minimum absolute atomic E-state index is 0.111. The van der Waals surface area contributed by atoms with Crippen molar-refractivity contribution in [1.82, 2.24) is 24.5 Å². The van der Waals surface area contributed by atoms with Crippen LogP contribution in [0.1, 0.15) is 19.8 Å². The van der Waals surface area contributed by atoms with E-state index in [0.717, 1.165) is 12.8 Å². The van der Waals surface area contributed by atoms with Crippen LogP contribution in [-0.4, -0.2) is 31.1 Å². The van der Waals surface area contributed by atoms with Gasteiger partial charge in [-0.3, -0.25) is 4.57 Å². The number of rotatable bonds is 4. The van der Waals surface area contributed by atoms with E-state index in [2.05, 4.69) is 39.0 Å². The van der Waals surface area contributed by atoms with E-state index in [1.54, 1.807) is 23.3 Å². The zero-order chi connectivity index (χ0) is 14.7. The zero-order valence-electron chi connectivity index (χ0n) is 11.7. The van der Waals surface area contributed by atoms with Gasteiger partial charge in [0.05, 0.1) is 6.61 Å². The highest BCUT2D eigenvalue weighted by atomic mass is 35.5. The maximum atomic E-state index is 5.93. The molecule has 2 unspecified atom stereocenters. The van der Waals surface area contributed by atoms with Crippen LogP contribution in [0.5, 0.6) is 6.01 Å². The van der Waals surface area contributed by atoms with Crippen molar-refractivity contribution in [3.05, 3.63) is 36.2 Å². The smallest absolute Gasteiger partial charge is 0.322 e. The van der Waals surface area contributed by atoms with Crippen LogP contribution >= 0.6 is 11.6 Å². The number of hydrogen-bond donors (Lipinski definition) is 0. The Hall–Kier alpha value is -1.95. The van der Waals surface area contributed by atoms with Crippen LogP contribution in [0.3, 0.4) is 0 Å². The summed E-state index contributed by atoms with van der Waals surface area (Å²) < 4.78 is 7.38. The average molecular weight is 306 g/mol. The first-order chi connectivity index (χ1) is 10.2. The van der Waals surface area contributed by atoms with Crippen molar-refractivity contribution in [1.29, 1.82) is 0 Å². The quantitative estimate of drug-likeness (QED) is 0.813. The normalized spacial score (nSPS) is 21.4. The fraction of sp³-hybridized carbons (Fsp3) is 0.429. The van der Waals surface area contributed by atoms with E-state index in [-0.39, 0.29) is 11.3 Å². The average Bonchev–Trinajstić information content (AvgIpc) is 3.00. The van der Waals surface area contributed by atoms with Crippen molar-refractivity contribution in [3.8, 4) is 12.0 Å². The number of halogens is 1. The number of aromatic nitrogens is 5. The molecule has 0 bridgehead atoms. The number of imidazole rings is 1. The summed E-state index contributed by atoms with van der Waals surface area (Å²) in [6, 6.07) is 0.250. The molecule has 0 fully saturated rings. The van der Waals surface area contributed by atoms with Gasteiger partial charge in [-0.05, 0) is 36.3 Å². The first-order valence-electron chi connectivity index (χ1n) is 6.90. The van der Waals surface area contributed by atoms with Crippen LogP contribution < -0.4 is 4.74 Å². The summed E-state index contributed by atoms with van der Waals surface area (Å²) in [7, 11) is 0. The third-order valence-corrected chi connectivity index (χ3v) is 3.82. The molecule has 7 heteroatoms. The molecule has 0 saturated carbocycles. The number of hydrogen-bond acceptors (Lipinski definition) is 5. The Kier molecular flexibility index (Phi) is 4.15. The van der Waals surface area contributed by atoms with Gasteiger partial charge in [-0.2, -0.15) is 15.0 Å². The fourth-order valence-electron chi connectivity index (χ4n) is 2.30. The lowest BCUT2D eigenvalue weighted by molar-refractivity contribution is 0.186. The summed E-state index contributed by atoms with van der Waals surface area (Å²) >= 11 is 5.93. The van der Waals surface area contributed by atoms with Crippen molar-refractivity contribution in [2.75, 3.05) is 6.61 Å². The monoisotopic (exact) mass is 305 g/mol. The molecule has 1 aliphatic rings. The van der Waals surface area contributed by atoms with Crippen molar-refractivity contribution in [2.45, 2.75) is 19.8 Å². The third kappa shape index (κ3) is 3.39. The summed E-state index contributed by atoms with van der Waals surface area (Å²) in [6.45, 7) is 2.81. The second kappa shape index (κ2) is 6.22. The molecule has 2 aromatic heterocycles. The first-order valence-corrected chi connectivity index (χ1v) is 7.28. The van der Waals surface area contributed by atoms with Gasteiger partial charge in [0.2, 0.25) is 11.2 Å². The summed E-state index contributed by atoms with van der Waals surface area (Å²) in [4.78, 5) is 16.3. The van der Waals surface area contributed by atoms with Crippen molar-refractivity contribution in [3.63, 3.8) is 0 Å². The Bertz CT molecular complexity index is 628. The molecule has 2 heterocycles. The standard InChI is InChI=1S/C14H16ClN5O/c1-10-4-2-3-5-11(10)8-21-14-18-12(15)17-13(19-14)20-7-6-16-9-20/h2-3,6-7,9-11H,4-5,8H2,1H3. The summed E-state index contributed by atoms with van der Waals surface area (Å²) in [5.41, 5.74) is 0. The molecule has 6 nitrogen and oxygen atoms in total. The topological polar surface area (TPSA) is 65.7 Å². The van der Waals surface area contributed by atoms with Gasteiger partial charge in [-0.1, -0.05) is 19.1 Å². The second-order valence-corrected chi connectivity index (χ2v) is 5.49. The first kappa shape index (κ1) is 14.0. The SMILES string of the molecule is CC1CC=CCC1COc1nc(Cl)nc(-n2ccnc2)n1. The van der Waals surface area contributed by atoms with Crippen LogP contribution in [0.4, 0.5) is 0 Å². The van der Waals surface area contributed by atoms with Crippen LogP contribution in [0, 0.1) is 11.8 Å². The highest BCUT2D eigenvalue weighted by molar-refractivity contribution is 6.28. The van der Waals surface area contributed by atoms with Gasteiger partial charge in [-0.15, -0.1) is 0 Å². The molecule has 0 radical (unpaired) electrons. The van der Waals surface area contributed by atoms with E-state index in [4.69, 9.17) is 16.3 Å². The predicted octanol–water partition coefficient (Wildman–Crippen LogP) is 2.69. The summed E-state index contributed by atoms with van der Waals surface area (Å²) in [6.07, 6.45) is 11.5. The molecule has 0 saturated heterocycles. The second-order valence-electron chi connectivity index (χ2n) is 5.15. The third-order valence-electron chi connectivity index (χ3n) is 3.66. The minimum Gasteiger partial charge on any atom is -0.463 e. The van der Waals surface area contributed by atoms with Gasteiger partial charge in [-0.25, -0.2) is 4.98 Å². The molecule has 0 aromatic carbocycles. The number of nitrogens with zero attached hydrogens (tertiary/aromatic N) is 5. The molecule has 110 valence electrons. The number of ether oxygens (including phenoxy) is 1. The molecule has 21 heavy (non-hydrogen) atoms. The molecule has 0 spiro atoms. The molecule has 2 aromatic rings. The molecule has 0 aliphatic heterocycles. The summed E-state index contributed by atoms with van der Waals surface area (Å²) in [5.74, 6) is 1.47. The lowest BCUT2D eigenvalue weighted by Crippen LogP contribution is -2.22. The number of allylic oxidation sites excluding steroid dienone is 2. The van der Waals surface area contributed by atoms with Gasteiger partial charge in [0.15, 0.2) is 0 Å². The van der Waals surface area contributed by atoms with Gasteiger partial charge < -0.3 is 4.74 Å². The molecule has 1 aliphatic carbocycles. The van der Waals surface area contributed by atoms with Crippen molar-refractivity contribution < 1.29 is 4.74 Å². The Balaban J connectivity index is 1.72. The minimum atomic E-state index is 0.111. The van der Waals surface area contributed by atoms with E-state index < -0.39 is 0 Å². The molecule has 3 rings (SSSR count). The Morgan fingerprint density at radius 1 is 1.29 bits per heavy atom. The van der Waals surface area contributed by atoms with Crippen LogP contribution in [0.25, 0.3) is 5.95 Å². The van der Waals surface area contributed by atoms with Crippen molar-refractivity contribution in [2.24, 2.45) is 11.8 Å². The molecule has 0 N–H and O–H groups in total. The molecule has 2 atom stereocenters. The van der Waals surface area contributed by atoms with Crippen molar-refractivity contribution >= 4 is 11.6 Å².